The summed E-state index contributed by atoms with van der Waals surface area (Å²) >= 11 is 5.95. The molecule has 2 rings (SSSR count). The molecule has 0 spiro atoms. The van der Waals surface area contributed by atoms with E-state index in [-0.39, 0.29) is 11.0 Å². The third kappa shape index (κ3) is 3.51. The standard InChI is InChI=1S/C14H21ClN2O3S/c1-3-20-12-4-6-17(7-5-12)21(18,19)14-9-11(15)8-13(16)10(14)2/h8-9,12H,3-7,16H2,1-2H3. The largest absolute Gasteiger partial charge is 0.398 e. The van der Waals surface area contributed by atoms with Crippen LogP contribution in [0, 0.1) is 6.92 Å². The van der Waals surface area contributed by atoms with E-state index < -0.39 is 10.0 Å². The predicted molar refractivity (Wildman–Crippen MR) is 84.0 cm³/mol. The molecule has 1 aliphatic heterocycles. The molecule has 0 unspecified atom stereocenters. The number of nitrogens with two attached hydrogens (primary N) is 1. The van der Waals surface area contributed by atoms with E-state index in [1.54, 1.807) is 13.0 Å². The van der Waals surface area contributed by atoms with Gasteiger partial charge in [-0.2, -0.15) is 4.31 Å². The van der Waals surface area contributed by atoms with Crippen molar-refractivity contribution in [3.8, 4) is 0 Å². The zero-order valence-electron chi connectivity index (χ0n) is 12.3. The quantitative estimate of drug-likeness (QED) is 0.859. The van der Waals surface area contributed by atoms with E-state index in [0.717, 1.165) is 0 Å². The first kappa shape index (κ1) is 16.5. The van der Waals surface area contributed by atoms with Gasteiger partial charge in [0.1, 0.15) is 0 Å². The number of halogens is 1. The Balaban J connectivity index is 2.24. The molecule has 0 aliphatic carbocycles. The number of rotatable bonds is 4. The van der Waals surface area contributed by atoms with Gasteiger partial charge in [0.25, 0.3) is 0 Å². The Morgan fingerprint density at radius 1 is 1.38 bits per heavy atom. The van der Waals surface area contributed by atoms with Crippen molar-refractivity contribution in [2.45, 2.75) is 37.7 Å². The second kappa shape index (κ2) is 6.52. The molecule has 2 N–H and O–H groups in total. The average Bonchev–Trinajstić information content (AvgIpc) is 2.43. The first-order chi connectivity index (χ1) is 9.86. The summed E-state index contributed by atoms with van der Waals surface area (Å²) in [6, 6.07) is 3.04. The van der Waals surface area contributed by atoms with Crippen LogP contribution in [0.3, 0.4) is 0 Å². The summed E-state index contributed by atoms with van der Waals surface area (Å²) < 4.78 is 32.5. The number of sulfonamides is 1. The van der Waals surface area contributed by atoms with Crippen molar-refractivity contribution in [1.29, 1.82) is 0 Å². The topological polar surface area (TPSA) is 72.6 Å². The van der Waals surface area contributed by atoms with Gasteiger partial charge in [-0.3, -0.25) is 0 Å². The lowest BCUT2D eigenvalue weighted by molar-refractivity contribution is 0.0290. The van der Waals surface area contributed by atoms with Crippen LogP contribution in [0.25, 0.3) is 0 Å². The SMILES string of the molecule is CCOC1CCN(S(=O)(=O)c2cc(Cl)cc(N)c2C)CC1. The van der Waals surface area contributed by atoms with Gasteiger partial charge in [-0.25, -0.2) is 8.42 Å². The van der Waals surface area contributed by atoms with E-state index in [1.807, 2.05) is 6.92 Å². The van der Waals surface area contributed by atoms with Crippen LogP contribution < -0.4 is 5.73 Å². The van der Waals surface area contributed by atoms with E-state index >= 15 is 0 Å². The zero-order valence-corrected chi connectivity index (χ0v) is 13.9. The summed E-state index contributed by atoms with van der Waals surface area (Å²) in [6.45, 7) is 5.21. The molecule has 0 amide bonds. The molecular formula is C14H21ClN2O3S. The van der Waals surface area contributed by atoms with Crippen molar-refractivity contribution in [2.24, 2.45) is 0 Å². The predicted octanol–water partition coefficient (Wildman–Crippen LogP) is 2.42. The van der Waals surface area contributed by atoms with Crippen molar-refractivity contribution in [3.05, 3.63) is 22.7 Å². The third-order valence-corrected chi connectivity index (χ3v) is 6.03. The van der Waals surface area contributed by atoms with Crippen molar-refractivity contribution < 1.29 is 13.2 Å². The van der Waals surface area contributed by atoms with Gasteiger partial charge in [0, 0.05) is 30.4 Å². The number of piperidine rings is 1. The lowest BCUT2D eigenvalue weighted by atomic mass is 10.1. The second-order valence-corrected chi connectivity index (χ2v) is 7.52. The van der Waals surface area contributed by atoms with Crippen LogP contribution in [0.15, 0.2) is 17.0 Å². The molecule has 1 aromatic rings. The molecule has 1 aliphatic rings. The van der Waals surface area contributed by atoms with Crippen LogP contribution in [-0.2, 0) is 14.8 Å². The zero-order chi connectivity index (χ0) is 15.6. The monoisotopic (exact) mass is 332 g/mol. The van der Waals surface area contributed by atoms with Crippen LogP contribution in [0.2, 0.25) is 5.02 Å². The fourth-order valence-electron chi connectivity index (χ4n) is 2.56. The van der Waals surface area contributed by atoms with Gasteiger partial charge in [0.2, 0.25) is 10.0 Å². The van der Waals surface area contributed by atoms with Crippen LogP contribution >= 0.6 is 11.6 Å². The van der Waals surface area contributed by atoms with Gasteiger partial charge in [-0.1, -0.05) is 11.6 Å². The Bertz CT molecular complexity index is 611. The minimum atomic E-state index is -3.56. The summed E-state index contributed by atoms with van der Waals surface area (Å²) in [5.41, 5.74) is 6.76. The molecule has 1 fully saturated rings. The van der Waals surface area contributed by atoms with Gasteiger partial charge >= 0.3 is 0 Å². The van der Waals surface area contributed by atoms with Gasteiger partial charge in [-0.05, 0) is 44.4 Å². The first-order valence-electron chi connectivity index (χ1n) is 7.03. The van der Waals surface area contributed by atoms with Crippen molar-refractivity contribution >= 4 is 27.3 Å². The molecule has 0 aromatic heterocycles. The van der Waals surface area contributed by atoms with E-state index in [4.69, 9.17) is 22.1 Å². The van der Waals surface area contributed by atoms with Crippen molar-refractivity contribution in [3.63, 3.8) is 0 Å². The maximum atomic E-state index is 12.7. The van der Waals surface area contributed by atoms with Gasteiger partial charge in [-0.15, -0.1) is 0 Å². The average molecular weight is 333 g/mol. The van der Waals surface area contributed by atoms with Crippen LogP contribution in [0.4, 0.5) is 5.69 Å². The Labute approximate surface area is 131 Å². The molecule has 0 radical (unpaired) electrons. The highest BCUT2D eigenvalue weighted by Crippen LogP contribution is 2.30. The molecule has 0 atom stereocenters. The summed E-state index contributed by atoms with van der Waals surface area (Å²) in [7, 11) is -3.56. The highest BCUT2D eigenvalue weighted by molar-refractivity contribution is 7.89. The smallest absolute Gasteiger partial charge is 0.243 e. The number of nitrogen functional groups attached to an aromatic ring is 1. The molecule has 1 saturated heterocycles. The highest BCUT2D eigenvalue weighted by Gasteiger charge is 2.31. The van der Waals surface area contributed by atoms with Crippen LogP contribution in [0.5, 0.6) is 0 Å². The normalized spacial score (nSPS) is 18.0. The second-order valence-electron chi connectivity index (χ2n) is 5.18. The lowest BCUT2D eigenvalue weighted by Gasteiger charge is -2.31. The highest BCUT2D eigenvalue weighted by atomic mass is 35.5. The molecule has 0 bridgehead atoms. The molecule has 21 heavy (non-hydrogen) atoms. The molecular weight excluding hydrogens is 312 g/mol. The van der Waals surface area contributed by atoms with Crippen LogP contribution in [0.1, 0.15) is 25.3 Å². The molecule has 0 saturated carbocycles. The van der Waals surface area contributed by atoms with E-state index in [1.165, 1.54) is 10.4 Å². The molecule has 7 heteroatoms. The Morgan fingerprint density at radius 3 is 2.57 bits per heavy atom. The maximum Gasteiger partial charge on any atom is 0.243 e. The van der Waals surface area contributed by atoms with Gasteiger partial charge in [0.05, 0.1) is 11.0 Å². The summed E-state index contributed by atoms with van der Waals surface area (Å²) in [4.78, 5) is 0.197. The maximum absolute atomic E-state index is 12.7. The minimum Gasteiger partial charge on any atom is -0.398 e. The number of ether oxygens (including phenoxy) is 1. The summed E-state index contributed by atoms with van der Waals surface area (Å²) in [5, 5.41) is 0.334. The molecule has 118 valence electrons. The Kier molecular flexibility index (Phi) is 5.14. The first-order valence-corrected chi connectivity index (χ1v) is 8.85. The van der Waals surface area contributed by atoms with E-state index in [0.29, 0.717) is 48.8 Å². The number of anilines is 1. The van der Waals surface area contributed by atoms with E-state index in [9.17, 15) is 8.42 Å². The number of benzene rings is 1. The van der Waals surface area contributed by atoms with Gasteiger partial charge in [0.15, 0.2) is 0 Å². The lowest BCUT2D eigenvalue weighted by Crippen LogP contribution is -2.41. The van der Waals surface area contributed by atoms with E-state index in [2.05, 4.69) is 0 Å². The molecule has 5 nitrogen and oxygen atoms in total. The fourth-order valence-corrected chi connectivity index (χ4v) is 4.60. The number of hydrogen-bond donors (Lipinski definition) is 1. The molecule has 1 heterocycles. The fraction of sp³-hybridized carbons (Fsp3) is 0.571. The number of hydrogen-bond acceptors (Lipinski definition) is 4. The third-order valence-electron chi connectivity index (χ3n) is 3.79. The van der Waals surface area contributed by atoms with Crippen LogP contribution in [-0.4, -0.2) is 38.5 Å². The van der Waals surface area contributed by atoms with Crippen molar-refractivity contribution in [1.82, 2.24) is 4.31 Å². The summed E-state index contributed by atoms with van der Waals surface area (Å²) in [5.74, 6) is 0. The van der Waals surface area contributed by atoms with Gasteiger partial charge < -0.3 is 10.5 Å². The Morgan fingerprint density at radius 2 is 2.00 bits per heavy atom. The molecule has 1 aromatic carbocycles. The number of nitrogens with zero attached hydrogens (tertiary/aromatic N) is 1. The van der Waals surface area contributed by atoms with Crippen molar-refractivity contribution in [2.75, 3.05) is 25.4 Å². The summed E-state index contributed by atoms with van der Waals surface area (Å²) in [6.07, 6.45) is 1.57. The Hall–Kier alpha value is -0.820. The minimum absolute atomic E-state index is 0.145.